The Balaban J connectivity index is 1.78. The van der Waals surface area contributed by atoms with E-state index in [1.54, 1.807) is 0 Å². The van der Waals surface area contributed by atoms with Crippen LogP contribution < -0.4 is 5.32 Å². The number of carbonyl (C=O) groups excluding carboxylic acids is 1. The van der Waals surface area contributed by atoms with Gasteiger partial charge in [-0.05, 0) is 31.6 Å². The number of thiazole rings is 2. The fraction of sp³-hybridized carbons (Fsp3) is 0.562. The van der Waals surface area contributed by atoms with E-state index in [1.807, 2.05) is 22.9 Å². The second-order valence-corrected chi connectivity index (χ2v) is 7.89. The van der Waals surface area contributed by atoms with Crippen LogP contribution in [0.2, 0.25) is 0 Å². The summed E-state index contributed by atoms with van der Waals surface area (Å²) in [5.74, 6) is 0.691. The van der Waals surface area contributed by atoms with Crippen LogP contribution in [0.1, 0.15) is 49.2 Å². The lowest BCUT2D eigenvalue weighted by Gasteiger charge is -2.01. The molecule has 0 spiro atoms. The van der Waals surface area contributed by atoms with Crippen molar-refractivity contribution in [2.24, 2.45) is 5.92 Å². The normalized spacial score (nSPS) is 11.1. The molecule has 1 N–H and O–H groups in total. The smallest absolute Gasteiger partial charge is 0.223 e. The van der Waals surface area contributed by atoms with Crippen molar-refractivity contribution in [3.05, 3.63) is 27.2 Å². The standard InChI is InChI=1S/C16H23N3OS2/c1-11(2)5-4-6-15-17-9-14(22-15)8-7-13-10-21-16(19-13)18-12(3)20/h9-11H,4-8H2,1-3H3,(H,18,19,20). The van der Waals surface area contributed by atoms with Gasteiger partial charge in [-0.3, -0.25) is 4.79 Å². The highest BCUT2D eigenvalue weighted by molar-refractivity contribution is 7.14. The van der Waals surface area contributed by atoms with E-state index in [1.165, 1.54) is 41.0 Å². The molecule has 0 aliphatic carbocycles. The van der Waals surface area contributed by atoms with Gasteiger partial charge in [0.2, 0.25) is 5.91 Å². The van der Waals surface area contributed by atoms with E-state index in [0.717, 1.165) is 30.9 Å². The molecule has 0 aliphatic rings. The van der Waals surface area contributed by atoms with E-state index in [0.29, 0.717) is 5.13 Å². The minimum Gasteiger partial charge on any atom is -0.302 e. The number of nitrogens with zero attached hydrogens (tertiary/aromatic N) is 2. The largest absolute Gasteiger partial charge is 0.302 e. The zero-order valence-electron chi connectivity index (χ0n) is 13.4. The van der Waals surface area contributed by atoms with Crippen LogP contribution in [0.5, 0.6) is 0 Å². The summed E-state index contributed by atoms with van der Waals surface area (Å²) in [6, 6.07) is 0. The quantitative estimate of drug-likeness (QED) is 0.780. The van der Waals surface area contributed by atoms with E-state index in [2.05, 4.69) is 29.1 Å². The van der Waals surface area contributed by atoms with E-state index in [9.17, 15) is 4.79 Å². The van der Waals surface area contributed by atoms with Crippen molar-refractivity contribution in [2.45, 2.75) is 52.9 Å². The number of amides is 1. The van der Waals surface area contributed by atoms with Gasteiger partial charge in [0.15, 0.2) is 5.13 Å². The number of anilines is 1. The second kappa shape index (κ2) is 8.39. The third-order valence-electron chi connectivity index (χ3n) is 3.24. The average Bonchev–Trinajstić information content (AvgIpc) is 3.05. The topological polar surface area (TPSA) is 54.9 Å². The van der Waals surface area contributed by atoms with Crippen LogP contribution in [0.3, 0.4) is 0 Å². The molecule has 120 valence electrons. The van der Waals surface area contributed by atoms with Gasteiger partial charge in [-0.15, -0.1) is 22.7 Å². The third-order valence-corrected chi connectivity index (χ3v) is 5.16. The summed E-state index contributed by atoms with van der Waals surface area (Å²) < 4.78 is 0. The Morgan fingerprint density at radius 3 is 2.86 bits per heavy atom. The monoisotopic (exact) mass is 337 g/mol. The van der Waals surface area contributed by atoms with Gasteiger partial charge in [-0.25, -0.2) is 9.97 Å². The summed E-state index contributed by atoms with van der Waals surface area (Å²) in [7, 11) is 0. The molecule has 0 atom stereocenters. The van der Waals surface area contributed by atoms with Crippen molar-refractivity contribution >= 4 is 33.7 Å². The Hall–Kier alpha value is -1.27. The molecule has 0 aromatic carbocycles. The second-order valence-electron chi connectivity index (χ2n) is 5.83. The van der Waals surface area contributed by atoms with E-state index < -0.39 is 0 Å². The van der Waals surface area contributed by atoms with Gasteiger partial charge in [0.1, 0.15) is 0 Å². The maximum atomic E-state index is 11.0. The van der Waals surface area contributed by atoms with E-state index in [-0.39, 0.29) is 5.91 Å². The summed E-state index contributed by atoms with van der Waals surface area (Å²) in [5, 5.41) is 6.65. The summed E-state index contributed by atoms with van der Waals surface area (Å²) in [6.45, 7) is 6.02. The first-order chi connectivity index (χ1) is 10.5. The number of aromatic nitrogens is 2. The van der Waals surface area contributed by atoms with Crippen LogP contribution in [0.25, 0.3) is 0 Å². The molecule has 2 heterocycles. The van der Waals surface area contributed by atoms with Crippen molar-refractivity contribution < 1.29 is 4.79 Å². The molecule has 0 saturated heterocycles. The molecule has 0 radical (unpaired) electrons. The molecule has 0 aliphatic heterocycles. The van der Waals surface area contributed by atoms with Crippen molar-refractivity contribution in [3.8, 4) is 0 Å². The predicted molar refractivity (Wildman–Crippen MR) is 93.7 cm³/mol. The minimum atomic E-state index is -0.0746. The van der Waals surface area contributed by atoms with Crippen molar-refractivity contribution in [1.82, 2.24) is 9.97 Å². The Morgan fingerprint density at radius 1 is 1.32 bits per heavy atom. The molecular formula is C16H23N3OS2. The number of carbonyl (C=O) groups is 1. The summed E-state index contributed by atoms with van der Waals surface area (Å²) in [5.41, 5.74) is 1.03. The van der Waals surface area contributed by atoms with Crippen molar-refractivity contribution in [1.29, 1.82) is 0 Å². The van der Waals surface area contributed by atoms with E-state index >= 15 is 0 Å². The molecular weight excluding hydrogens is 314 g/mol. The molecule has 0 bridgehead atoms. The molecule has 0 saturated carbocycles. The zero-order chi connectivity index (χ0) is 15.9. The van der Waals surface area contributed by atoms with Crippen LogP contribution in [0, 0.1) is 5.92 Å². The lowest BCUT2D eigenvalue weighted by atomic mass is 10.1. The Morgan fingerprint density at radius 2 is 2.14 bits per heavy atom. The van der Waals surface area contributed by atoms with Crippen LogP contribution in [0.4, 0.5) is 5.13 Å². The highest BCUT2D eigenvalue weighted by Gasteiger charge is 2.06. The highest BCUT2D eigenvalue weighted by atomic mass is 32.1. The molecule has 2 rings (SSSR count). The fourth-order valence-electron chi connectivity index (χ4n) is 2.12. The summed E-state index contributed by atoms with van der Waals surface area (Å²) >= 11 is 3.29. The van der Waals surface area contributed by atoms with E-state index in [4.69, 9.17) is 0 Å². The molecule has 0 unspecified atom stereocenters. The van der Waals surface area contributed by atoms with Gasteiger partial charge < -0.3 is 5.32 Å². The number of nitrogens with one attached hydrogen (secondary N) is 1. The Bertz CT molecular complexity index is 604. The lowest BCUT2D eigenvalue weighted by molar-refractivity contribution is -0.114. The first kappa shape index (κ1) is 17.1. The van der Waals surface area contributed by atoms with Crippen LogP contribution in [-0.4, -0.2) is 15.9 Å². The molecule has 6 heteroatoms. The van der Waals surface area contributed by atoms with Gasteiger partial charge >= 0.3 is 0 Å². The predicted octanol–water partition coefficient (Wildman–Crippen LogP) is 4.32. The fourth-order valence-corrected chi connectivity index (χ4v) is 3.88. The van der Waals surface area contributed by atoms with Gasteiger partial charge in [0, 0.05) is 23.4 Å². The molecule has 0 fully saturated rings. The molecule has 2 aromatic heterocycles. The van der Waals surface area contributed by atoms with Gasteiger partial charge in [-0.2, -0.15) is 0 Å². The average molecular weight is 338 g/mol. The number of hydrogen-bond donors (Lipinski definition) is 1. The molecule has 1 amide bonds. The van der Waals surface area contributed by atoms with Gasteiger partial charge in [0.05, 0.1) is 10.7 Å². The molecule has 22 heavy (non-hydrogen) atoms. The molecule has 2 aromatic rings. The maximum absolute atomic E-state index is 11.0. The Kier molecular flexibility index (Phi) is 6.51. The van der Waals surface area contributed by atoms with Gasteiger partial charge in [0.25, 0.3) is 0 Å². The maximum Gasteiger partial charge on any atom is 0.223 e. The minimum absolute atomic E-state index is 0.0746. The van der Waals surface area contributed by atoms with Gasteiger partial charge in [-0.1, -0.05) is 20.3 Å². The third kappa shape index (κ3) is 5.85. The number of rotatable bonds is 8. The molecule has 4 nitrogen and oxygen atoms in total. The first-order valence-corrected chi connectivity index (χ1v) is 9.38. The van der Waals surface area contributed by atoms with Crippen LogP contribution >= 0.6 is 22.7 Å². The Labute approximate surface area is 140 Å². The number of hydrogen-bond acceptors (Lipinski definition) is 5. The summed E-state index contributed by atoms with van der Waals surface area (Å²) in [4.78, 5) is 21.2. The lowest BCUT2D eigenvalue weighted by Crippen LogP contribution is -2.05. The van der Waals surface area contributed by atoms with Crippen molar-refractivity contribution in [2.75, 3.05) is 5.32 Å². The number of aryl methyl sites for hydroxylation is 3. The van der Waals surface area contributed by atoms with Crippen LogP contribution in [-0.2, 0) is 24.1 Å². The highest BCUT2D eigenvalue weighted by Crippen LogP contribution is 2.20. The zero-order valence-corrected chi connectivity index (χ0v) is 15.0. The van der Waals surface area contributed by atoms with Crippen LogP contribution in [0.15, 0.2) is 11.6 Å². The SMILES string of the molecule is CC(=O)Nc1nc(CCc2cnc(CCCC(C)C)s2)cs1. The van der Waals surface area contributed by atoms with Crippen molar-refractivity contribution in [3.63, 3.8) is 0 Å². The first-order valence-electron chi connectivity index (χ1n) is 7.68. The summed E-state index contributed by atoms with van der Waals surface area (Å²) in [6.07, 6.45) is 7.42.